The fourth-order valence-electron chi connectivity index (χ4n) is 3.74. The number of carbonyl (C=O) groups excluding carboxylic acids is 1. The van der Waals surface area contributed by atoms with Crippen LogP contribution in [0, 0.1) is 0 Å². The van der Waals surface area contributed by atoms with Crippen molar-refractivity contribution >= 4 is 21.6 Å². The van der Waals surface area contributed by atoms with Crippen LogP contribution in [-0.4, -0.2) is 45.2 Å². The number of benzene rings is 2. The molecule has 1 fully saturated rings. The average Bonchev–Trinajstić information content (AvgIpc) is 3.05. The maximum atomic E-state index is 13.0. The molecular formula is C20H22N2O4S. The van der Waals surface area contributed by atoms with Crippen LogP contribution < -0.4 is 9.04 Å². The maximum Gasteiger partial charge on any atom is 0.254 e. The molecule has 7 heteroatoms. The highest BCUT2D eigenvalue weighted by Crippen LogP contribution is 2.27. The fourth-order valence-corrected chi connectivity index (χ4v) is 5.30. The van der Waals surface area contributed by atoms with Crippen LogP contribution in [0.2, 0.25) is 0 Å². The van der Waals surface area contributed by atoms with Crippen molar-refractivity contribution in [3.05, 3.63) is 59.2 Å². The van der Waals surface area contributed by atoms with Gasteiger partial charge in [0, 0.05) is 25.2 Å². The summed E-state index contributed by atoms with van der Waals surface area (Å²) in [7, 11) is -1.63. The largest absolute Gasteiger partial charge is 0.497 e. The zero-order chi connectivity index (χ0) is 19.0. The second-order valence-electron chi connectivity index (χ2n) is 6.90. The number of methoxy groups -OCH3 is 1. The number of carbonyl (C=O) groups is 1. The highest BCUT2D eigenvalue weighted by Gasteiger charge is 2.29. The number of nitrogens with zero attached hydrogens (tertiary/aromatic N) is 2. The molecule has 4 rings (SSSR count). The summed E-state index contributed by atoms with van der Waals surface area (Å²) in [6, 6.07) is 12.9. The number of anilines is 1. The Kier molecular flexibility index (Phi) is 4.55. The van der Waals surface area contributed by atoms with Gasteiger partial charge in [-0.2, -0.15) is 0 Å². The van der Waals surface area contributed by atoms with E-state index in [4.69, 9.17) is 4.74 Å². The van der Waals surface area contributed by atoms with Gasteiger partial charge >= 0.3 is 0 Å². The van der Waals surface area contributed by atoms with Gasteiger partial charge in [0.2, 0.25) is 10.0 Å². The first-order valence-electron chi connectivity index (χ1n) is 9.03. The minimum Gasteiger partial charge on any atom is -0.497 e. The third-order valence-electron chi connectivity index (χ3n) is 5.19. The molecule has 142 valence electrons. The van der Waals surface area contributed by atoms with E-state index >= 15 is 0 Å². The molecule has 2 aromatic rings. The van der Waals surface area contributed by atoms with Crippen molar-refractivity contribution in [2.24, 2.45) is 0 Å². The molecule has 0 N–H and O–H groups in total. The second kappa shape index (κ2) is 6.88. The van der Waals surface area contributed by atoms with Crippen molar-refractivity contribution in [2.45, 2.75) is 19.4 Å². The molecule has 1 saturated heterocycles. The number of hydrogen-bond acceptors (Lipinski definition) is 4. The molecule has 0 spiro atoms. The average molecular weight is 386 g/mol. The van der Waals surface area contributed by atoms with Crippen LogP contribution in [0.1, 0.15) is 27.9 Å². The lowest BCUT2D eigenvalue weighted by molar-refractivity contribution is 0.0734. The van der Waals surface area contributed by atoms with E-state index in [2.05, 4.69) is 6.07 Å². The molecule has 0 unspecified atom stereocenters. The Morgan fingerprint density at radius 3 is 2.67 bits per heavy atom. The summed E-state index contributed by atoms with van der Waals surface area (Å²) in [6.07, 6.45) is 1.41. The Morgan fingerprint density at radius 2 is 1.93 bits per heavy atom. The van der Waals surface area contributed by atoms with E-state index in [1.54, 1.807) is 36.3 Å². The predicted octanol–water partition coefficient (Wildman–Crippen LogP) is 2.43. The lowest BCUT2D eigenvalue weighted by Crippen LogP contribution is -2.36. The minimum absolute atomic E-state index is 0.0816. The van der Waals surface area contributed by atoms with E-state index in [1.807, 2.05) is 12.1 Å². The lowest BCUT2D eigenvalue weighted by Gasteiger charge is -2.29. The van der Waals surface area contributed by atoms with Crippen molar-refractivity contribution in [3.63, 3.8) is 0 Å². The molecule has 2 aromatic carbocycles. The van der Waals surface area contributed by atoms with Gasteiger partial charge in [-0.3, -0.25) is 9.10 Å². The summed E-state index contributed by atoms with van der Waals surface area (Å²) in [5, 5.41) is 0. The Labute approximate surface area is 159 Å². The summed E-state index contributed by atoms with van der Waals surface area (Å²) in [4.78, 5) is 14.8. The van der Waals surface area contributed by atoms with Gasteiger partial charge in [0.15, 0.2) is 0 Å². The molecular weight excluding hydrogens is 364 g/mol. The summed E-state index contributed by atoms with van der Waals surface area (Å²) >= 11 is 0. The molecule has 0 radical (unpaired) electrons. The number of fused-ring (bicyclic) bond motifs is 1. The van der Waals surface area contributed by atoms with Crippen LogP contribution in [0.15, 0.2) is 42.5 Å². The van der Waals surface area contributed by atoms with E-state index in [1.165, 1.54) is 9.87 Å². The first-order chi connectivity index (χ1) is 13.0. The quantitative estimate of drug-likeness (QED) is 0.813. The van der Waals surface area contributed by atoms with Gasteiger partial charge in [-0.25, -0.2) is 8.42 Å². The Morgan fingerprint density at radius 1 is 1.07 bits per heavy atom. The Bertz CT molecular complexity index is 987. The van der Waals surface area contributed by atoms with Crippen LogP contribution in [0.25, 0.3) is 0 Å². The Balaban J connectivity index is 1.57. The van der Waals surface area contributed by atoms with E-state index in [0.29, 0.717) is 37.3 Å². The molecule has 6 nitrogen and oxygen atoms in total. The standard InChI is InChI=1S/C20H22N2O4S/c1-26-19-7-6-15-8-10-21(14-17(15)13-19)20(23)16-4-2-5-18(12-16)22-9-3-11-27(22,24)25/h2,4-7,12-13H,3,8-11,14H2,1H3. The molecule has 0 atom stereocenters. The first kappa shape index (κ1) is 17.9. The highest BCUT2D eigenvalue weighted by atomic mass is 32.2. The third kappa shape index (κ3) is 3.39. The summed E-state index contributed by atoms with van der Waals surface area (Å²) < 4.78 is 31.0. The van der Waals surface area contributed by atoms with Gasteiger partial charge < -0.3 is 9.64 Å². The van der Waals surface area contributed by atoms with Crippen molar-refractivity contribution in [2.75, 3.05) is 30.3 Å². The normalized spacial score (nSPS) is 18.3. The van der Waals surface area contributed by atoms with Gasteiger partial charge in [-0.05, 0) is 54.3 Å². The van der Waals surface area contributed by atoms with E-state index in [-0.39, 0.29) is 11.7 Å². The minimum atomic E-state index is -3.26. The molecule has 2 aliphatic rings. The van der Waals surface area contributed by atoms with Crippen LogP contribution in [0.5, 0.6) is 5.75 Å². The number of amides is 1. The van der Waals surface area contributed by atoms with Gasteiger partial charge in [0.1, 0.15) is 5.75 Å². The SMILES string of the molecule is COc1ccc2c(c1)CN(C(=O)c1cccc(N3CCCS3(=O)=O)c1)CC2. The molecule has 2 heterocycles. The maximum absolute atomic E-state index is 13.0. The molecule has 2 aliphatic heterocycles. The summed E-state index contributed by atoms with van der Waals surface area (Å²) in [6.45, 7) is 1.64. The van der Waals surface area contributed by atoms with Gasteiger partial charge in [0.05, 0.1) is 18.6 Å². The van der Waals surface area contributed by atoms with Gasteiger partial charge in [0.25, 0.3) is 5.91 Å². The van der Waals surface area contributed by atoms with Gasteiger partial charge in [-0.15, -0.1) is 0 Å². The molecule has 1 amide bonds. The van der Waals surface area contributed by atoms with E-state index in [0.717, 1.165) is 17.7 Å². The highest BCUT2D eigenvalue weighted by molar-refractivity contribution is 7.93. The monoisotopic (exact) mass is 386 g/mol. The molecule has 0 aliphatic carbocycles. The first-order valence-corrected chi connectivity index (χ1v) is 10.6. The van der Waals surface area contributed by atoms with E-state index in [9.17, 15) is 13.2 Å². The topological polar surface area (TPSA) is 66.9 Å². The van der Waals surface area contributed by atoms with Crippen LogP contribution in [0.3, 0.4) is 0 Å². The predicted molar refractivity (Wildman–Crippen MR) is 104 cm³/mol. The zero-order valence-corrected chi connectivity index (χ0v) is 16.0. The number of rotatable bonds is 3. The van der Waals surface area contributed by atoms with Crippen LogP contribution >= 0.6 is 0 Å². The molecule has 0 bridgehead atoms. The Hall–Kier alpha value is -2.54. The molecule has 0 aromatic heterocycles. The second-order valence-corrected chi connectivity index (χ2v) is 8.92. The van der Waals surface area contributed by atoms with E-state index < -0.39 is 10.0 Å². The van der Waals surface area contributed by atoms with Gasteiger partial charge in [-0.1, -0.05) is 12.1 Å². The van der Waals surface area contributed by atoms with Crippen molar-refractivity contribution in [3.8, 4) is 5.75 Å². The number of hydrogen-bond donors (Lipinski definition) is 0. The third-order valence-corrected chi connectivity index (χ3v) is 7.06. The lowest BCUT2D eigenvalue weighted by atomic mass is 9.98. The zero-order valence-electron chi connectivity index (χ0n) is 15.2. The van der Waals surface area contributed by atoms with Crippen molar-refractivity contribution in [1.82, 2.24) is 4.90 Å². The van der Waals surface area contributed by atoms with Crippen LogP contribution in [-0.2, 0) is 23.0 Å². The fraction of sp³-hybridized carbons (Fsp3) is 0.350. The number of sulfonamides is 1. The molecule has 27 heavy (non-hydrogen) atoms. The summed E-state index contributed by atoms with van der Waals surface area (Å²) in [5.74, 6) is 0.863. The number of ether oxygens (including phenoxy) is 1. The van der Waals surface area contributed by atoms with Crippen molar-refractivity contribution < 1.29 is 17.9 Å². The molecule has 0 saturated carbocycles. The summed E-state index contributed by atoms with van der Waals surface area (Å²) in [5.41, 5.74) is 3.40. The van der Waals surface area contributed by atoms with Crippen LogP contribution in [0.4, 0.5) is 5.69 Å². The van der Waals surface area contributed by atoms with Crippen molar-refractivity contribution in [1.29, 1.82) is 0 Å². The smallest absolute Gasteiger partial charge is 0.254 e.